The highest BCUT2D eigenvalue weighted by atomic mass is 16.5. The molecule has 1 heterocycles. The lowest BCUT2D eigenvalue weighted by molar-refractivity contribution is 0.0691. The summed E-state index contributed by atoms with van der Waals surface area (Å²) in [4.78, 5) is 14.0. The molecule has 0 unspecified atom stereocenters. The fraction of sp³-hybridized carbons (Fsp3) is 0.400. The Morgan fingerprint density at radius 2 is 1.85 bits per heavy atom. The van der Waals surface area contributed by atoms with Crippen molar-refractivity contribution in [2.75, 3.05) is 14.2 Å². The van der Waals surface area contributed by atoms with Crippen LogP contribution in [-0.4, -0.2) is 30.3 Å². The van der Waals surface area contributed by atoms with Gasteiger partial charge in [0.1, 0.15) is 17.2 Å². The summed E-state index contributed by atoms with van der Waals surface area (Å²) < 4.78 is 10.9. The van der Waals surface area contributed by atoms with Crippen molar-refractivity contribution < 1.29 is 19.4 Å². The van der Waals surface area contributed by atoms with Gasteiger partial charge in [-0.2, -0.15) is 0 Å². The Hall–Kier alpha value is -2.17. The molecule has 1 aromatic carbocycles. The molecule has 0 saturated heterocycles. The first-order valence-electron chi connectivity index (χ1n) is 6.31. The van der Waals surface area contributed by atoms with Crippen LogP contribution in [0.1, 0.15) is 36.8 Å². The van der Waals surface area contributed by atoms with E-state index in [0.29, 0.717) is 22.4 Å². The summed E-state index contributed by atoms with van der Waals surface area (Å²) in [5.41, 5.74) is 1.57. The van der Waals surface area contributed by atoms with E-state index in [9.17, 15) is 4.79 Å². The lowest BCUT2D eigenvalue weighted by atomic mass is 9.85. The van der Waals surface area contributed by atoms with Crippen molar-refractivity contribution in [3.63, 3.8) is 0 Å². The third-order valence-electron chi connectivity index (χ3n) is 3.29. The fourth-order valence-electron chi connectivity index (χ4n) is 2.29. The van der Waals surface area contributed by atoms with Crippen molar-refractivity contribution in [1.29, 1.82) is 0 Å². The summed E-state index contributed by atoms with van der Waals surface area (Å²) in [6, 6.07) is 3.46. The first-order chi connectivity index (χ1) is 9.29. The highest BCUT2D eigenvalue weighted by Crippen LogP contribution is 2.41. The van der Waals surface area contributed by atoms with E-state index in [1.54, 1.807) is 20.3 Å². The van der Waals surface area contributed by atoms with Crippen molar-refractivity contribution in [1.82, 2.24) is 4.98 Å². The molecule has 2 N–H and O–H groups in total. The molecule has 5 nitrogen and oxygen atoms in total. The molecule has 20 heavy (non-hydrogen) atoms. The SMILES string of the molecule is COc1cc(C(C)(C)C)c(OC)c2[nH]c(C(=O)O)cc12. The number of benzene rings is 1. The Labute approximate surface area is 117 Å². The standard InChI is InChI=1S/C15H19NO4/c1-15(2,3)9-7-11(19-4)8-6-10(14(17)18)16-12(8)13(9)20-5/h6-7,16H,1-5H3,(H,17,18). The van der Waals surface area contributed by atoms with Gasteiger partial charge in [0.25, 0.3) is 0 Å². The number of methoxy groups -OCH3 is 2. The number of hydrogen-bond acceptors (Lipinski definition) is 3. The van der Waals surface area contributed by atoms with Crippen molar-refractivity contribution >= 4 is 16.9 Å². The second kappa shape index (κ2) is 4.74. The first kappa shape index (κ1) is 14.2. The van der Waals surface area contributed by atoms with Crippen molar-refractivity contribution in [2.24, 2.45) is 0 Å². The molecule has 108 valence electrons. The molecule has 0 atom stereocenters. The number of aromatic carboxylic acids is 1. The summed E-state index contributed by atoms with van der Waals surface area (Å²) in [6.45, 7) is 6.20. The monoisotopic (exact) mass is 277 g/mol. The van der Waals surface area contributed by atoms with E-state index in [0.717, 1.165) is 5.56 Å². The van der Waals surface area contributed by atoms with Gasteiger partial charge >= 0.3 is 5.97 Å². The first-order valence-corrected chi connectivity index (χ1v) is 6.31. The van der Waals surface area contributed by atoms with Crippen LogP contribution in [0.4, 0.5) is 0 Å². The van der Waals surface area contributed by atoms with E-state index in [2.05, 4.69) is 25.8 Å². The number of fused-ring (bicyclic) bond motifs is 1. The van der Waals surface area contributed by atoms with E-state index in [1.165, 1.54) is 0 Å². The number of hydrogen-bond donors (Lipinski definition) is 2. The summed E-state index contributed by atoms with van der Waals surface area (Å²) >= 11 is 0. The molecule has 0 radical (unpaired) electrons. The molecule has 0 spiro atoms. The largest absolute Gasteiger partial charge is 0.496 e. The zero-order valence-corrected chi connectivity index (χ0v) is 12.3. The van der Waals surface area contributed by atoms with E-state index in [1.807, 2.05) is 6.07 Å². The van der Waals surface area contributed by atoms with Gasteiger partial charge in [0.15, 0.2) is 0 Å². The molecule has 1 aromatic heterocycles. The number of ether oxygens (including phenoxy) is 2. The van der Waals surface area contributed by atoms with Crippen LogP contribution in [0.2, 0.25) is 0 Å². The molecule has 2 rings (SSSR count). The van der Waals surface area contributed by atoms with Crippen LogP contribution in [-0.2, 0) is 5.41 Å². The molecule has 0 bridgehead atoms. The number of aromatic nitrogens is 1. The molecule has 0 saturated carbocycles. The molecule has 5 heteroatoms. The molecule has 2 aromatic rings. The topological polar surface area (TPSA) is 71.5 Å². The summed E-state index contributed by atoms with van der Waals surface area (Å²) in [6.07, 6.45) is 0. The number of H-pyrrole nitrogens is 1. The Kier molecular flexibility index (Phi) is 3.38. The van der Waals surface area contributed by atoms with Gasteiger partial charge in [0, 0.05) is 10.9 Å². The van der Waals surface area contributed by atoms with Crippen molar-refractivity contribution in [3.05, 3.63) is 23.4 Å². The van der Waals surface area contributed by atoms with E-state index in [4.69, 9.17) is 14.6 Å². The van der Waals surface area contributed by atoms with E-state index >= 15 is 0 Å². The number of carboxylic acid groups (broad SMARTS) is 1. The van der Waals surface area contributed by atoms with Gasteiger partial charge in [0.05, 0.1) is 19.7 Å². The average molecular weight is 277 g/mol. The van der Waals surface area contributed by atoms with Gasteiger partial charge in [-0.3, -0.25) is 0 Å². The summed E-state index contributed by atoms with van der Waals surface area (Å²) in [7, 11) is 3.15. The van der Waals surface area contributed by atoms with Crippen LogP contribution in [0.5, 0.6) is 11.5 Å². The Bertz CT molecular complexity index is 665. The van der Waals surface area contributed by atoms with Gasteiger partial charge < -0.3 is 19.6 Å². The normalized spacial score (nSPS) is 11.7. The van der Waals surface area contributed by atoms with Gasteiger partial charge in [-0.1, -0.05) is 20.8 Å². The van der Waals surface area contributed by atoms with Crippen LogP contribution in [0, 0.1) is 0 Å². The minimum atomic E-state index is -1.01. The predicted octanol–water partition coefficient (Wildman–Crippen LogP) is 3.18. The molecule has 0 aliphatic heterocycles. The van der Waals surface area contributed by atoms with Gasteiger partial charge in [-0.05, 0) is 17.5 Å². The molecular weight excluding hydrogens is 258 g/mol. The van der Waals surface area contributed by atoms with Crippen molar-refractivity contribution in [2.45, 2.75) is 26.2 Å². The quantitative estimate of drug-likeness (QED) is 0.903. The van der Waals surface area contributed by atoms with Crippen molar-refractivity contribution in [3.8, 4) is 11.5 Å². The smallest absolute Gasteiger partial charge is 0.352 e. The van der Waals surface area contributed by atoms with Crippen LogP contribution in [0.3, 0.4) is 0 Å². The lowest BCUT2D eigenvalue weighted by Gasteiger charge is -2.23. The average Bonchev–Trinajstić information content (AvgIpc) is 2.80. The maximum absolute atomic E-state index is 11.1. The number of aromatic amines is 1. The highest BCUT2D eigenvalue weighted by molar-refractivity contribution is 5.99. The maximum atomic E-state index is 11.1. The second-order valence-corrected chi connectivity index (χ2v) is 5.69. The van der Waals surface area contributed by atoms with Crippen LogP contribution < -0.4 is 9.47 Å². The van der Waals surface area contributed by atoms with Gasteiger partial charge in [-0.15, -0.1) is 0 Å². The second-order valence-electron chi connectivity index (χ2n) is 5.69. The Balaban J connectivity index is 2.88. The summed E-state index contributed by atoms with van der Waals surface area (Å²) in [5, 5.41) is 9.83. The zero-order chi connectivity index (χ0) is 15.1. The molecule has 0 amide bonds. The van der Waals surface area contributed by atoms with Gasteiger partial charge in [0.2, 0.25) is 0 Å². The lowest BCUT2D eigenvalue weighted by Crippen LogP contribution is -2.13. The minimum absolute atomic E-state index is 0.114. The zero-order valence-electron chi connectivity index (χ0n) is 12.3. The van der Waals surface area contributed by atoms with Crippen LogP contribution in [0.25, 0.3) is 10.9 Å². The number of rotatable bonds is 3. The number of nitrogens with one attached hydrogen (secondary N) is 1. The van der Waals surface area contributed by atoms with Gasteiger partial charge in [-0.25, -0.2) is 4.79 Å². The van der Waals surface area contributed by atoms with E-state index < -0.39 is 5.97 Å². The Morgan fingerprint density at radius 1 is 1.20 bits per heavy atom. The predicted molar refractivity (Wildman–Crippen MR) is 77.1 cm³/mol. The third-order valence-corrected chi connectivity index (χ3v) is 3.29. The maximum Gasteiger partial charge on any atom is 0.352 e. The molecular formula is C15H19NO4. The third kappa shape index (κ3) is 2.19. The Morgan fingerprint density at radius 3 is 2.30 bits per heavy atom. The fourth-order valence-corrected chi connectivity index (χ4v) is 2.29. The van der Waals surface area contributed by atoms with E-state index in [-0.39, 0.29) is 11.1 Å². The number of carboxylic acids is 1. The molecule has 0 aliphatic carbocycles. The summed E-state index contributed by atoms with van der Waals surface area (Å²) in [5.74, 6) is 0.276. The minimum Gasteiger partial charge on any atom is -0.496 e. The highest BCUT2D eigenvalue weighted by Gasteiger charge is 2.25. The van der Waals surface area contributed by atoms with Crippen LogP contribution >= 0.6 is 0 Å². The molecule has 0 fully saturated rings. The number of carbonyl (C=O) groups is 1. The van der Waals surface area contributed by atoms with Crippen LogP contribution in [0.15, 0.2) is 12.1 Å². The molecule has 0 aliphatic rings.